The van der Waals surface area contributed by atoms with E-state index >= 15 is 0 Å². The highest BCUT2D eigenvalue weighted by Crippen LogP contribution is 2.27. The number of hydrogen-bond donors (Lipinski definition) is 2. The first-order valence-corrected chi connectivity index (χ1v) is 12.9. The molecule has 0 fully saturated rings. The largest absolute Gasteiger partial charge is 0.497 e. The Kier molecular flexibility index (Phi) is 9.35. The van der Waals surface area contributed by atoms with E-state index in [1.807, 2.05) is 37.3 Å². The Balaban J connectivity index is 1.55. The van der Waals surface area contributed by atoms with Crippen LogP contribution in [0.15, 0.2) is 78.9 Å². The van der Waals surface area contributed by atoms with Crippen molar-refractivity contribution in [1.82, 2.24) is 14.7 Å². The Labute approximate surface area is 232 Å². The second-order valence-electron chi connectivity index (χ2n) is 9.02. The summed E-state index contributed by atoms with van der Waals surface area (Å²) in [5, 5.41) is 10.4. The summed E-state index contributed by atoms with van der Waals surface area (Å²) in [6.07, 6.45) is 1.56. The normalized spacial score (nSPS) is 10.6. The van der Waals surface area contributed by atoms with E-state index in [0.717, 1.165) is 12.0 Å². The Hall–Kier alpha value is -4.86. The second-order valence-corrected chi connectivity index (χ2v) is 9.02. The number of carbonyl (C=O) groups is 2. The van der Waals surface area contributed by atoms with E-state index in [2.05, 4.69) is 15.7 Å². The first-order valence-electron chi connectivity index (χ1n) is 12.9. The molecule has 3 aromatic carbocycles. The van der Waals surface area contributed by atoms with Crippen molar-refractivity contribution in [2.45, 2.75) is 19.8 Å². The predicted octanol–water partition coefficient (Wildman–Crippen LogP) is 5.97. The van der Waals surface area contributed by atoms with Crippen molar-refractivity contribution in [3.63, 3.8) is 0 Å². The number of amides is 3. The maximum atomic E-state index is 13.6. The third-order valence-electron chi connectivity index (χ3n) is 6.12. The molecule has 2 N–H and O–H groups in total. The molecule has 0 saturated heterocycles. The number of rotatable bonds is 11. The van der Waals surface area contributed by atoms with Crippen molar-refractivity contribution < 1.29 is 23.5 Å². The van der Waals surface area contributed by atoms with Gasteiger partial charge in [0.2, 0.25) is 5.91 Å². The smallest absolute Gasteiger partial charge is 0.322 e. The fourth-order valence-corrected chi connectivity index (χ4v) is 4.04. The van der Waals surface area contributed by atoms with Crippen LogP contribution in [0.1, 0.15) is 19.8 Å². The minimum Gasteiger partial charge on any atom is -0.497 e. The number of urea groups is 1. The van der Waals surface area contributed by atoms with Crippen LogP contribution in [0.4, 0.5) is 20.7 Å². The fraction of sp³-hybridized carbons (Fsp3) is 0.233. The van der Waals surface area contributed by atoms with Crippen LogP contribution < -0.4 is 20.1 Å². The summed E-state index contributed by atoms with van der Waals surface area (Å²) in [4.78, 5) is 27.9. The molecule has 0 spiro atoms. The summed E-state index contributed by atoms with van der Waals surface area (Å²) in [6, 6.07) is 21.7. The quantitative estimate of drug-likeness (QED) is 0.242. The lowest BCUT2D eigenvalue weighted by Crippen LogP contribution is -2.41. The van der Waals surface area contributed by atoms with Gasteiger partial charge in [0.1, 0.15) is 29.7 Å². The molecule has 4 aromatic rings. The van der Waals surface area contributed by atoms with Gasteiger partial charge < -0.3 is 25.0 Å². The summed E-state index contributed by atoms with van der Waals surface area (Å²) in [5.41, 5.74) is 2.54. The van der Waals surface area contributed by atoms with E-state index in [0.29, 0.717) is 47.4 Å². The number of anilines is 2. The zero-order valence-electron chi connectivity index (χ0n) is 22.7. The number of benzene rings is 3. The van der Waals surface area contributed by atoms with Gasteiger partial charge in [-0.25, -0.2) is 13.9 Å². The first kappa shape index (κ1) is 28.2. The fourth-order valence-electron chi connectivity index (χ4n) is 4.04. The number of unbranched alkanes of at least 4 members (excludes halogenated alkanes) is 1. The molecule has 10 heteroatoms. The highest BCUT2D eigenvalue weighted by Gasteiger charge is 2.20. The number of halogens is 1. The summed E-state index contributed by atoms with van der Waals surface area (Å²) in [6.45, 7) is 2.20. The number of nitrogens with one attached hydrogen (secondary N) is 2. The molecule has 9 nitrogen and oxygen atoms in total. The molecule has 208 valence electrons. The van der Waals surface area contributed by atoms with Crippen molar-refractivity contribution in [3.05, 3.63) is 84.7 Å². The van der Waals surface area contributed by atoms with Crippen LogP contribution in [0.3, 0.4) is 0 Å². The highest BCUT2D eigenvalue weighted by molar-refractivity contribution is 5.97. The van der Waals surface area contributed by atoms with Gasteiger partial charge in [0.15, 0.2) is 0 Å². The van der Waals surface area contributed by atoms with Gasteiger partial charge in [-0.3, -0.25) is 4.79 Å². The predicted molar refractivity (Wildman–Crippen MR) is 153 cm³/mol. The minimum atomic E-state index is -0.434. The van der Waals surface area contributed by atoms with Crippen LogP contribution in [-0.2, 0) is 4.79 Å². The van der Waals surface area contributed by atoms with E-state index in [-0.39, 0.29) is 12.4 Å². The maximum Gasteiger partial charge on any atom is 0.322 e. The number of methoxy groups -OCH3 is 2. The third kappa shape index (κ3) is 7.16. The van der Waals surface area contributed by atoms with Gasteiger partial charge in [-0.15, -0.1) is 0 Å². The maximum absolute atomic E-state index is 13.6. The summed E-state index contributed by atoms with van der Waals surface area (Å²) >= 11 is 0. The zero-order valence-corrected chi connectivity index (χ0v) is 22.7. The Morgan fingerprint density at radius 2 is 1.60 bits per heavy atom. The number of carbonyl (C=O) groups excluding carboxylic acids is 2. The molecule has 3 amide bonds. The molecule has 0 atom stereocenters. The van der Waals surface area contributed by atoms with Crippen molar-refractivity contribution in [3.8, 4) is 28.4 Å². The van der Waals surface area contributed by atoms with Gasteiger partial charge in [-0.05, 0) is 30.7 Å². The molecule has 0 aliphatic heterocycles. The molecule has 1 aromatic heterocycles. The van der Waals surface area contributed by atoms with E-state index in [1.54, 1.807) is 41.1 Å². The molecule has 0 aliphatic carbocycles. The second kappa shape index (κ2) is 13.3. The number of aromatic nitrogens is 2. The third-order valence-corrected chi connectivity index (χ3v) is 6.12. The standard InChI is InChI=1S/C30H32FN5O4/c1-4-5-15-35(30(38)32-23-16-25(39-2)18-26(17-23)40-3)20-29(37)33-28-19-27(21-9-7-6-8-10-21)34-36(28)24-13-11-22(31)12-14-24/h6-14,16-19H,4-5,15,20H2,1-3H3,(H,32,38)(H,33,37). The van der Waals surface area contributed by atoms with Crippen molar-refractivity contribution in [1.29, 1.82) is 0 Å². The highest BCUT2D eigenvalue weighted by atomic mass is 19.1. The van der Waals surface area contributed by atoms with Gasteiger partial charge in [0, 0.05) is 42.1 Å². The van der Waals surface area contributed by atoms with Crippen LogP contribution in [0.5, 0.6) is 11.5 Å². The molecule has 40 heavy (non-hydrogen) atoms. The topological polar surface area (TPSA) is 97.7 Å². The Bertz CT molecular complexity index is 1420. The molecular weight excluding hydrogens is 513 g/mol. The number of hydrogen-bond acceptors (Lipinski definition) is 5. The first-order chi connectivity index (χ1) is 19.4. The van der Waals surface area contributed by atoms with E-state index in [4.69, 9.17) is 9.47 Å². The van der Waals surface area contributed by atoms with E-state index in [1.165, 1.54) is 31.3 Å². The molecule has 0 saturated carbocycles. The SMILES string of the molecule is CCCCN(CC(=O)Nc1cc(-c2ccccc2)nn1-c1ccc(F)cc1)C(=O)Nc1cc(OC)cc(OC)c1. The van der Waals surface area contributed by atoms with Crippen LogP contribution in [-0.4, -0.2) is 53.9 Å². The Morgan fingerprint density at radius 1 is 0.925 bits per heavy atom. The lowest BCUT2D eigenvalue weighted by Gasteiger charge is -2.23. The van der Waals surface area contributed by atoms with E-state index < -0.39 is 11.9 Å². The van der Waals surface area contributed by atoms with Gasteiger partial charge in [-0.2, -0.15) is 5.10 Å². The average Bonchev–Trinajstić information content (AvgIpc) is 3.39. The van der Waals surface area contributed by atoms with E-state index in [9.17, 15) is 14.0 Å². The van der Waals surface area contributed by atoms with Crippen molar-refractivity contribution in [2.24, 2.45) is 0 Å². The lowest BCUT2D eigenvalue weighted by atomic mass is 10.1. The van der Waals surface area contributed by atoms with Gasteiger partial charge in [-0.1, -0.05) is 43.7 Å². The van der Waals surface area contributed by atoms with Crippen LogP contribution in [0, 0.1) is 5.82 Å². The molecular formula is C30H32FN5O4. The summed E-state index contributed by atoms with van der Waals surface area (Å²) < 4.78 is 25.7. The minimum absolute atomic E-state index is 0.192. The summed E-state index contributed by atoms with van der Waals surface area (Å²) in [5.74, 6) is 0.656. The molecule has 1 heterocycles. The van der Waals surface area contributed by atoms with Crippen LogP contribution in [0.25, 0.3) is 16.9 Å². The van der Waals surface area contributed by atoms with Gasteiger partial charge in [0.25, 0.3) is 0 Å². The van der Waals surface area contributed by atoms with Gasteiger partial charge >= 0.3 is 6.03 Å². The molecule has 0 radical (unpaired) electrons. The monoisotopic (exact) mass is 545 g/mol. The molecule has 4 rings (SSSR count). The molecule has 0 bridgehead atoms. The van der Waals surface area contributed by atoms with Crippen LogP contribution in [0.2, 0.25) is 0 Å². The molecule has 0 aliphatic rings. The number of ether oxygens (including phenoxy) is 2. The average molecular weight is 546 g/mol. The molecule has 0 unspecified atom stereocenters. The van der Waals surface area contributed by atoms with Crippen molar-refractivity contribution in [2.75, 3.05) is 37.9 Å². The Morgan fingerprint density at radius 3 is 2.23 bits per heavy atom. The van der Waals surface area contributed by atoms with Gasteiger partial charge in [0.05, 0.1) is 25.6 Å². The summed E-state index contributed by atoms with van der Waals surface area (Å²) in [7, 11) is 3.05. The number of nitrogens with zero attached hydrogens (tertiary/aromatic N) is 3. The van der Waals surface area contributed by atoms with Crippen molar-refractivity contribution >= 4 is 23.4 Å². The van der Waals surface area contributed by atoms with Crippen LogP contribution >= 0.6 is 0 Å². The lowest BCUT2D eigenvalue weighted by molar-refractivity contribution is -0.116. The zero-order chi connectivity index (χ0) is 28.5.